The fraction of sp³-hybridized carbons (Fsp3) is 0.238. The topological polar surface area (TPSA) is 66.8 Å². The van der Waals surface area contributed by atoms with Gasteiger partial charge >= 0.3 is 0 Å². The van der Waals surface area contributed by atoms with E-state index in [-0.39, 0.29) is 11.3 Å². The molecule has 1 atom stereocenters. The van der Waals surface area contributed by atoms with E-state index in [2.05, 4.69) is 0 Å². The number of methoxy groups -OCH3 is 1. The van der Waals surface area contributed by atoms with Gasteiger partial charge in [-0.3, -0.25) is 9.59 Å². The molecule has 0 radical (unpaired) electrons. The first-order valence-corrected chi connectivity index (χ1v) is 9.01. The number of hydrogen-bond donors (Lipinski definition) is 1. The van der Waals surface area contributed by atoms with Gasteiger partial charge in [-0.05, 0) is 18.1 Å². The highest BCUT2D eigenvalue weighted by Crippen LogP contribution is 2.41. The van der Waals surface area contributed by atoms with Crippen LogP contribution in [0.1, 0.15) is 23.6 Å². The number of aliphatic hydroxyl groups is 1. The van der Waals surface area contributed by atoms with Crippen molar-refractivity contribution >= 4 is 29.1 Å². The Bertz CT molecular complexity index is 879. The van der Waals surface area contributed by atoms with Crippen molar-refractivity contribution in [1.29, 1.82) is 0 Å². The standard InChI is InChI=1S/C21H20ClNO4/c1-27-13-7-12-23-18(15-10-5-6-11-16(15)22)17(20(25)21(23)26)19(24)14-8-3-2-4-9-14/h2-6,8-11,18,24H,7,12-13H2,1H3. The fourth-order valence-corrected chi connectivity index (χ4v) is 3.50. The lowest BCUT2D eigenvalue weighted by Crippen LogP contribution is -2.31. The molecule has 1 fully saturated rings. The Kier molecular flexibility index (Phi) is 5.94. The van der Waals surface area contributed by atoms with Crippen LogP contribution in [0.25, 0.3) is 5.76 Å². The number of ketones is 1. The number of likely N-dealkylation sites (tertiary alicyclic amines) is 1. The van der Waals surface area contributed by atoms with Crippen LogP contribution in [0, 0.1) is 0 Å². The SMILES string of the molecule is COCCCN1C(=O)C(=O)C(=C(O)c2ccccc2)C1c1ccccc1Cl. The number of rotatable bonds is 6. The third-order valence-electron chi connectivity index (χ3n) is 4.53. The summed E-state index contributed by atoms with van der Waals surface area (Å²) in [5, 5.41) is 11.3. The van der Waals surface area contributed by atoms with Crippen molar-refractivity contribution < 1.29 is 19.4 Å². The third kappa shape index (κ3) is 3.75. The first kappa shape index (κ1) is 19.1. The van der Waals surface area contributed by atoms with Gasteiger partial charge in [0.1, 0.15) is 5.76 Å². The maximum atomic E-state index is 12.8. The molecule has 0 aliphatic carbocycles. The third-order valence-corrected chi connectivity index (χ3v) is 4.88. The van der Waals surface area contributed by atoms with Crippen LogP contribution in [0.15, 0.2) is 60.2 Å². The van der Waals surface area contributed by atoms with E-state index in [1.165, 1.54) is 4.90 Å². The minimum absolute atomic E-state index is 0.0525. The second kappa shape index (κ2) is 8.37. The van der Waals surface area contributed by atoms with Gasteiger partial charge in [0.25, 0.3) is 11.7 Å². The van der Waals surface area contributed by atoms with Gasteiger partial charge in [-0.2, -0.15) is 0 Å². The highest BCUT2D eigenvalue weighted by atomic mass is 35.5. The molecule has 27 heavy (non-hydrogen) atoms. The number of benzene rings is 2. The summed E-state index contributed by atoms with van der Waals surface area (Å²) in [7, 11) is 1.58. The van der Waals surface area contributed by atoms with E-state index in [9.17, 15) is 14.7 Å². The van der Waals surface area contributed by atoms with Crippen molar-refractivity contribution in [2.75, 3.05) is 20.3 Å². The van der Waals surface area contributed by atoms with Gasteiger partial charge in [-0.1, -0.05) is 60.1 Å². The lowest BCUT2D eigenvalue weighted by atomic mass is 9.95. The summed E-state index contributed by atoms with van der Waals surface area (Å²) in [6.45, 7) is 0.775. The number of aliphatic hydroxyl groups excluding tert-OH is 1. The van der Waals surface area contributed by atoms with Crippen molar-refractivity contribution in [3.05, 3.63) is 76.3 Å². The Morgan fingerprint density at radius 1 is 1.11 bits per heavy atom. The van der Waals surface area contributed by atoms with Crippen molar-refractivity contribution in [2.45, 2.75) is 12.5 Å². The van der Waals surface area contributed by atoms with Crippen molar-refractivity contribution in [3.63, 3.8) is 0 Å². The van der Waals surface area contributed by atoms with Gasteiger partial charge in [0.15, 0.2) is 0 Å². The smallest absolute Gasteiger partial charge is 0.295 e. The van der Waals surface area contributed by atoms with E-state index in [0.29, 0.717) is 35.7 Å². The monoisotopic (exact) mass is 385 g/mol. The number of carbonyl (C=O) groups excluding carboxylic acids is 2. The van der Waals surface area contributed by atoms with E-state index in [1.54, 1.807) is 55.6 Å². The number of hydrogen-bond acceptors (Lipinski definition) is 4. The summed E-state index contributed by atoms with van der Waals surface area (Å²) < 4.78 is 5.06. The maximum Gasteiger partial charge on any atom is 0.295 e. The number of Topliss-reactive ketones (excluding diaryl/α,β-unsaturated/α-hetero) is 1. The predicted molar refractivity (Wildman–Crippen MR) is 103 cm³/mol. The molecule has 0 spiro atoms. The molecule has 1 unspecified atom stereocenters. The first-order chi connectivity index (χ1) is 13.1. The molecular formula is C21H20ClNO4. The Hall–Kier alpha value is -2.63. The van der Waals surface area contributed by atoms with Gasteiger partial charge in [0, 0.05) is 30.8 Å². The molecule has 2 aromatic rings. The maximum absolute atomic E-state index is 12.8. The molecular weight excluding hydrogens is 366 g/mol. The molecule has 6 heteroatoms. The number of halogens is 1. The van der Waals surface area contributed by atoms with Crippen LogP contribution in [0.5, 0.6) is 0 Å². The summed E-state index contributed by atoms with van der Waals surface area (Å²) in [4.78, 5) is 26.9. The molecule has 2 aromatic carbocycles. The molecule has 1 aliphatic rings. The van der Waals surface area contributed by atoms with Crippen LogP contribution >= 0.6 is 11.6 Å². The van der Waals surface area contributed by atoms with Gasteiger partial charge in [0.05, 0.1) is 11.6 Å². The van der Waals surface area contributed by atoms with E-state index in [0.717, 1.165) is 0 Å². The molecule has 0 aromatic heterocycles. The molecule has 1 saturated heterocycles. The Labute approximate surface area is 162 Å². The lowest BCUT2D eigenvalue weighted by molar-refractivity contribution is -0.140. The van der Waals surface area contributed by atoms with E-state index < -0.39 is 17.7 Å². The van der Waals surface area contributed by atoms with Crippen LogP contribution in [-0.2, 0) is 14.3 Å². The molecule has 1 aliphatic heterocycles. The van der Waals surface area contributed by atoms with Crippen molar-refractivity contribution in [3.8, 4) is 0 Å². The van der Waals surface area contributed by atoms with E-state index >= 15 is 0 Å². The normalized spacial score (nSPS) is 18.9. The molecule has 140 valence electrons. The van der Waals surface area contributed by atoms with Crippen LogP contribution in [0.2, 0.25) is 5.02 Å². The molecule has 1 heterocycles. The summed E-state index contributed by atoms with van der Waals surface area (Å²) in [6, 6.07) is 15.0. The number of amides is 1. The van der Waals surface area contributed by atoms with Gasteiger partial charge in [0.2, 0.25) is 0 Å². The average molecular weight is 386 g/mol. The minimum atomic E-state index is -0.740. The molecule has 0 saturated carbocycles. The van der Waals surface area contributed by atoms with Crippen LogP contribution in [-0.4, -0.2) is 42.0 Å². The summed E-state index contributed by atoms with van der Waals surface area (Å²) in [5.41, 5.74) is 1.13. The van der Waals surface area contributed by atoms with E-state index in [1.807, 2.05) is 6.07 Å². The highest BCUT2D eigenvalue weighted by molar-refractivity contribution is 6.47. The number of carbonyl (C=O) groups is 2. The zero-order chi connectivity index (χ0) is 19.4. The van der Waals surface area contributed by atoms with Crippen LogP contribution < -0.4 is 0 Å². The van der Waals surface area contributed by atoms with Crippen LogP contribution in [0.4, 0.5) is 0 Å². The van der Waals surface area contributed by atoms with Gasteiger partial charge in [-0.15, -0.1) is 0 Å². The summed E-state index contributed by atoms with van der Waals surface area (Å²) >= 11 is 6.36. The predicted octanol–water partition coefficient (Wildman–Crippen LogP) is 3.80. The second-order valence-corrected chi connectivity index (χ2v) is 6.63. The van der Waals surface area contributed by atoms with Gasteiger partial charge < -0.3 is 14.7 Å². The van der Waals surface area contributed by atoms with Crippen molar-refractivity contribution in [2.24, 2.45) is 0 Å². The number of nitrogens with zero attached hydrogens (tertiary/aromatic N) is 1. The zero-order valence-electron chi connectivity index (χ0n) is 14.9. The Morgan fingerprint density at radius 2 is 1.78 bits per heavy atom. The average Bonchev–Trinajstić information content (AvgIpc) is 2.93. The quantitative estimate of drug-likeness (QED) is 0.355. The van der Waals surface area contributed by atoms with Crippen LogP contribution in [0.3, 0.4) is 0 Å². The molecule has 1 amide bonds. The Morgan fingerprint density at radius 3 is 2.44 bits per heavy atom. The van der Waals surface area contributed by atoms with Crippen molar-refractivity contribution in [1.82, 2.24) is 4.90 Å². The number of ether oxygens (including phenoxy) is 1. The minimum Gasteiger partial charge on any atom is -0.507 e. The molecule has 5 nitrogen and oxygen atoms in total. The summed E-state index contributed by atoms with van der Waals surface area (Å²) in [5.74, 6) is -1.56. The first-order valence-electron chi connectivity index (χ1n) is 8.63. The van der Waals surface area contributed by atoms with Gasteiger partial charge in [-0.25, -0.2) is 0 Å². The molecule has 3 rings (SSSR count). The Balaban J connectivity index is 2.14. The summed E-state index contributed by atoms with van der Waals surface area (Å²) in [6.07, 6.45) is 0.565. The van der Waals surface area contributed by atoms with E-state index in [4.69, 9.17) is 16.3 Å². The lowest BCUT2D eigenvalue weighted by Gasteiger charge is -2.26. The second-order valence-electron chi connectivity index (χ2n) is 6.23. The largest absolute Gasteiger partial charge is 0.507 e. The fourth-order valence-electron chi connectivity index (χ4n) is 3.26. The molecule has 0 bridgehead atoms. The highest BCUT2D eigenvalue weighted by Gasteiger charge is 2.46. The molecule has 1 N–H and O–H groups in total. The zero-order valence-corrected chi connectivity index (χ0v) is 15.6.